The average molecular weight is 558 g/mol. The predicted octanol–water partition coefficient (Wildman–Crippen LogP) is 6.34. The lowest BCUT2D eigenvalue weighted by Gasteiger charge is -2.10. The Balaban J connectivity index is 1.37. The van der Waals surface area contributed by atoms with E-state index in [2.05, 4.69) is 15.8 Å². The monoisotopic (exact) mass is 557 g/mol. The molecule has 0 aromatic heterocycles. The van der Waals surface area contributed by atoms with Gasteiger partial charge in [-0.15, -0.1) is 0 Å². The maximum atomic E-state index is 13.0. The van der Waals surface area contributed by atoms with Gasteiger partial charge >= 0.3 is 12.1 Å². The molecule has 7 nitrogen and oxygen atoms in total. The van der Waals surface area contributed by atoms with Crippen LogP contribution in [-0.2, 0) is 11.0 Å². The molecular formula is C31H22F3N3O4. The third kappa shape index (κ3) is 8.24. The van der Waals surface area contributed by atoms with Crippen molar-refractivity contribution in [3.8, 4) is 5.75 Å². The number of carbonyl (C=O) groups is 3. The van der Waals surface area contributed by atoms with Crippen LogP contribution in [0.2, 0.25) is 0 Å². The molecule has 2 N–H and O–H groups in total. The molecule has 41 heavy (non-hydrogen) atoms. The number of nitrogens with zero attached hydrogens (tertiary/aromatic N) is 1. The van der Waals surface area contributed by atoms with Gasteiger partial charge in [0, 0.05) is 28.5 Å². The highest BCUT2D eigenvalue weighted by Gasteiger charge is 2.30. The summed E-state index contributed by atoms with van der Waals surface area (Å²) in [4.78, 5) is 37.4. The third-order valence-corrected chi connectivity index (χ3v) is 5.55. The summed E-state index contributed by atoms with van der Waals surface area (Å²) in [5, 5.41) is 6.40. The first-order valence-corrected chi connectivity index (χ1v) is 12.1. The summed E-state index contributed by atoms with van der Waals surface area (Å²) in [6.07, 6.45) is -0.365. The van der Waals surface area contributed by atoms with Crippen molar-refractivity contribution in [2.24, 2.45) is 5.10 Å². The quantitative estimate of drug-likeness (QED) is 0.0869. The first kappa shape index (κ1) is 28.5. The first-order chi connectivity index (χ1) is 19.7. The largest absolute Gasteiger partial charge is 0.423 e. The molecule has 0 aliphatic heterocycles. The summed E-state index contributed by atoms with van der Waals surface area (Å²) in [7, 11) is 0. The summed E-state index contributed by atoms with van der Waals surface area (Å²) in [6, 6.07) is 25.7. The van der Waals surface area contributed by atoms with Gasteiger partial charge < -0.3 is 10.1 Å². The number of hydrogen-bond acceptors (Lipinski definition) is 5. The van der Waals surface area contributed by atoms with E-state index in [1.165, 1.54) is 42.6 Å². The molecular weight excluding hydrogens is 535 g/mol. The molecule has 0 spiro atoms. The van der Waals surface area contributed by atoms with E-state index in [-0.39, 0.29) is 22.6 Å². The van der Waals surface area contributed by atoms with Crippen molar-refractivity contribution < 1.29 is 32.3 Å². The maximum absolute atomic E-state index is 13.0. The van der Waals surface area contributed by atoms with Gasteiger partial charge in [-0.3, -0.25) is 9.59 Å². The van der Waals surface area contributed by atoms with E-state index in [1.807, 2.05) is 30.3 Å². The van der Waals surface area contributed by atoms with E-state index < -0.39 is 29.5 Å². The lowest BCUT2D eigenvalue weighted by molar-refractivity contribution is -0.137. The zero-order valence-electron chi connectivity index (χ0n) is 21.3. The molecule has 0 saturated carbocycles. The Morgan fingerprint density at radius 2 is 1.44 bits per heavy atom. The molecule has 0 unspecified atom stereocenters. The Kier molecular flexibility index (Phi) is 9.06. The van der Waals surface area contributed by atoms with Crippen molar-refractivity contribution in [3.63, 3.8) is 0 Å². The topological polar surface area (TPSA) is 96.9 Å². The average Bonchev–Trinajstić information content (AvgIpc) is 2.97. The van der Waals surface area contributed by atoms with Crippen LogP contribution in [0.3, 0.4) is 0 Å². The number of anilines is 1. The third-order valence-electron chi connectivity index (χ3n) is 5.55. The number of carbonyl (C=O) groups excluding carboxylic acids is 3. The molecule has 0 atom stereocenters. The van der Waals surface area contributed by atoms with Gasteiger partial charge in [0.2, 0.25) is 0 Å². The Morgan fingerprint density at radius 3 is 2.20 bits per heavy atom. The van der Waals surface area contributed by atoms with E-state index in [0.29, 0.717) is 5.56 Å². The number of hydrogen-bond donors (Lipinski definition) is 2. The molecule has 206 valence electrons. The lowest BCUT2D eigenvalue weighted by Crippen LogP contribution is -2.18. The summed E-state index contributed by atoms with van der Waals surface area (Å²) in [6.45, 7) is 0. The molecule has 2 amide bonds. The fourth-order valence-electron chi connectivity index (χ4n) is 3.55. The Bertz CT molecular complexity index is 1620. The Labute approximate surface area is 233 Å². The molecule has 0 fully saturated rings. The number of hydrazone groups is 1. The van der Waals surface area contributed by atoms with E-state index in [9.17, 15) is 27.6 Å². The molecule has 0 aliphatic rings. The molecule has 0 saturated heterocycles. The highest BCUT2D eigenvalue weighted by Crippen LogP contribution is 2.29. The number of nitrogens with one attached hydrogen (secondary N) is 2. The highest BCUT2D eigenvalue weighted by molar-refractivity contribution is 6.05. The van der Waals surface area contributed by atoms with Crippen molar-refractivity contribution in [2.45, 2.75) is 6.18 Å². The zero-order chi connectivity index (χ0) is 29.2. The Hall–Kier alpha value is -5.51. The van der Waals surface area contributed by atoms with Gasteiger partial charge in [-0.2, -0.15) is 18.3 Å². The summed E-state index contributed by atoms with van der Waals surface area (Å²) in [5.41, 5.74) is 2.81. The summed E-state index contributed by atoms with van der Waals surface area (Å²) in [5.74, 6) is -1.75. The minimum absolute atomic E-state index is 0.134. The molecule has 0 heterocycles. The fourth-order valence-corrected chi connectivity index (χ4v) is 3.55. The second kappa shape index (κ2) is 13.0. The summed E-state index contributed by atoms with van der Waals surface area (Å²) >= 11 is 0. The van der Waals surface area contributed by atoms with Crippen molar-refractivity contribution in [2.75, 3.05) is 5.32 Å². The van der Waals surface area contributed by atoms with Crippen LogP contribution in [0, 0.1) is 0 Å². The van der Waals surface area contributed by atoms with E-state index in [0.717, 1.165) is 23.8 Å². The Morgan fingerprint density at radius 1 is 0.756 bits per heavy atom. The van der Waals surface area contributed by atoms with Gasteiger partial charge in [0.05, 0.1) is 11.8 Å². The lowest BCUT2D eigenvalue weighted by atomic mass is 10.1. The molecule has 0 bridgehead atoms. The molecule has 10 heteroatoms. The van der Waals surface area contributed by atoms with Crippen LogP contribution in [0.25, 0.3) is 6.08 Å². The number of rotatable bonds is 8. The van der Waals surface area contributed by atoms with E-state index in [4.69, 9.17) is 4.74 Å². The fraction of sp³-hybridized carbons (Fsp3) is 0.0323. The van der Waals surface area contributed by atoms with Gasteiger partial charge in [0.1, 0.15) is 5.75 Å². The van der Waals surface area contributed by atoms with Crippen LogP contribution in [0.5, 0.6) is 5.75 Å². The number of para-hydroxylation sites is 1. The number of ether oxygens (including phenoxy) is 1. The first-order valence-electron chi connectivity index (χ1n) is 12.1. The molecule has 4 aromatic carbocycles. The predicted molar refractivity (Wildman–Crippen MR) is 148 cm³/mol. The smallest absolute Gasteiger partial charge is 0.416 e. The van der Waals surface area contributed by atoms with Crippen LogP contribution < -0.4 is 15.5 Å². The van der Waals surface area contributed by atoms with E-state index in [1.54, 1.807) is 30.3 Å². The van der Waals surface area contributed by atoms with Gasteiger partial charge in [-0.1, -0.05) is 54.6 Å². The molecule has 4 aromatic rings. The molecule has 0 radical (unpaired) electrons. The number of halogens is 3. The van der Waals surface area contributed by atoms with Crippen LogP contribution >= 0.6 is 0 Å². The van der Waals surface area contributed by atoms with E-state index >= 15 is 0 Å². The van der Waals surface area contributed by atoms with Crippen molar-refractivity contribution in [1.82, 2.24) is 5.43 Å². The number of benzene rings is 4. The SMILES string of the molecule is O=C(/C=C/c1ccccc1)Oc1ccccc1C=NNC(=O)c1cccc(NC(=O)c2cccc(C(F)(F)F)c2)c1. The number of esters is 1. The molecule has 0 aliphatic carbocycles. The van der Waals surface area contributed by atoms with Crippen LogP contribution in [0.4, 0.5) is 18.9 Å². The normalized spacial score (nSPS) is 11.4. The van der Waals surface area contributed by atoms with Crippen molar-refractivity contribution in [3.05, 3.63) is 137 Å². The molecule has 4 rings (SSSR count). The minimum Gasteiger partial charge on any atom is -0.423 e. The highest BCUT2D eigenvalue weighted by atomic mass is 19.4. The zero-order valence-corrected chi connectivity index (χ0v) is 21.3. The second-order valence-corrected chi connectivity index (χ2v) is 8.52. The van der Waals surface area contributed by atoms with Crippen LogP contribution in [-0.4, -0.2) is 24.0 Å². The van der Waals surface area contributed by atoms with Gasteiger partial charge in [-0.05, 0) is 60.2 Å². The van der Waals surface area contributed by atoms with Gasteiger partial charge in [-0.25, -0.2) is 10.2 Å². The van der Waals surface area contributed by atoms with Crippen molar-refractivity contribution in [1.29, 1.82) is 0 Å². The summed E-state index contributed by atoms with van der Waals surface area (Å²) < 4.78 is 44.3. The van der Waals surface area contributed by atoms with Crippen LogP contribution in [0.15, 0.2) is 114 Å². The minimum atomic E-state index is -4.59. The van der Waals surface area contributed by atoms with Gasteiger partial charge in [0.15, 0.2) is 0 Å². The maximum Gasteiger partial charge on any atom is 0.416 e. The van der Waals surface area contributed by atoms with Gasteiger partial charge in [0.25, 0.3) is 11.8 Å². The number of alkyl halides is 3. The van der Waals surface area contributed by atoms with Crippen LogP contribution in [0.1, 0.15) is 37.4 Å². The number of amides is 2. The standard InChI is InChI=1S/C31H22F3N3O4/c32-31(33,34)25-13-6-11-22(18-25)29(39)36-26-14-7-12-23(19-26)30(40)37-35-20-24-10-4-5-15-27(24)41-28(38)17-16-21-8-2-1-3-9-21/h1-20H,(H,36,39)(H,37,40)/b17-16+,35-20?. The second-order valence-electron chi connectivity index (χ2n) is 8.52. The van der Waals surface area contributed by atoms with Crippen molar-refractivity contribution >= 4 is 35.8 Å².